The highest BCUT2D eigenvalue weighted by Gasteiger charge is 2.62. The van der Waals surface area contributed by atoms with Crippen molar-refractivity contribution in [1.82, 2.24) is 10.0 Å². The van der Waals surface area contributed by atoms with Gasteiger partial charge in [0.15, 0.2) is 0 Å². The second-order valence-electron chi connectivity index (χ2n) is 7.59. The zero-order valence-corrected chi connectivity index (χ0v) is 17.7. The molecule has 0 aliphatic carbocycles. The maximum Gasteiger partial charge on any atom is 0.253 e. The Labute approximate surface area is 178 Å². The van der Waals surface area contributed by atoms with E-state index in [0.29, 0.717) is 12.3 Å². The molecule has 0 unspecified atom stereocenters. The average molecular weight is 456 g/mol. The van der Waals surface area contributed by atoms with E-state index in [1.165, 1.54) is 4.90 Å². The molecule has 150 valence electrons. The summed E-state index contributed by atoms with van der Waals surface area (Å²) in [6.07, 6.45) is 1.00. The van der Waals surface area contributed by atoms with E-state index in [2.05, 4.69) is 25.9 Å². The van der Waals surface area contributed by atoms with Crippen LogP contribution in [0.25, 0.3) is 0 Å². The number of benzene rings is 2. The lowest BCUT2D eigenvalue weighted by Gasteiger charge is -2.29. The minimum absolute atomic E-state index is 0.111. The number of rotatable bonds is 4. The standard InChI is InChI=1S/C22H22BrN3O3/c1-2-29-17-10-8-16(9-11-17)26-21(27)18-19(14-4-6-15(23)7-5-14)24-12-3-13-25(24)20(18)22(26)28/h4-11,18-20H,2-3,12-13H2,1H3/t18-,19+,20-/m0/s1. The molecular weight excluding hydrogens is 434 g/mol. The Bertz CT molecular complexity index is 947. The molecule has 2 aromatic carbocycles. The van der Waals surface area contributed by atoms with Gasteiger partial charge in [0.05, 0.1) is 24.3 Å². The van der Waals surface area contributed by atoms with Crippen molar-refractivity contribution in [3.8, 4) is 5.75 Å². The number of hydrogen-bond acceptors (Lipinski definition) is 5. The lowest BCUT2D eigenvalue weighted by Crippen LogP contribution is -2.44. The normalized spacial score (nSPS) is 26.8. The molecular formula is C22H22BrN3O3. The van der Waals surface area contributed by atoms with Gasteiger partial charge in [-0.3, -0.25) is 9.59 Å². The lowest BCUT2D eigenvalue weighted by molar-refractivity contribution is -0.126. The summed E-state index contributed by atoms with van der Waals surface area (Å²) < 4.78 is 6.48. The second kappa shape index (κ2) is 7.23. The quantitative estimate of drug-likeness (QED) is 0.661. The predicted molar refractivity (Wildman–Crippen MR) is 112 cm³/mol. The number of imide groups is 1. The summed E-state index contributed by atoms with van der Waals surface area (Å²) in [5, 5.41) is 4.34. The molecule has 0 aromatic heterocycles. The summed E-state index contributed by atoms with van der Waals surface area (Å²) in [7, 11) is 0. The minimum atomic E-state index is -0.426. The maximum absolute atomic E-state index is 13.5. The van der Waals surface area contributed by atoms with Gasteiger partial charge in [-0.2, -0.15) is 0 Å². The van der Waals surface area contributed by atoms with E-state index in [0.717, 1.165) is 35.3 Å². The molecule has 2 aromatic rings. The number of hydrogen-bond donors (Lipinski definition) is 0. The lowest BCUT2D eigenvalue weighted by atomic mass is 9.90. The van der Waals surface area contributed by atoms with Crippen LogP contribution < -0.4 is 9.64 Å². The van der Waals surface area contributed by atoms with Crippen molar-refractivity contribution in [2.75, 3.05) is 24.6 Å². The fourth-order valence-electron chi connectivity index (χ4n) is 4.89. The topological polar surface area (TPSA) is 53.1 Å². The zero-order chi connectivity index (χ0) is 20.1. The summed E-state index contributed by atoms with van der Waals surface area (Å²) in [4.78, 5) is 28.2. The Balaban J connectivity index is 1.51. The van der Waals surface area contributed by atoms with Gasteiger partial charge < -0.3 is 4.74 Å². The first-order valence-electron chi connectivity index (χ1n) is 9.99. The van der Waals surface area contributed by atoms with Crippen LogP contribution in [-0.4, -0.2) is 47.6 Å². The average Bonchev–Trinajstić information content (AvgIpc) is 3.36. The van der Waals surface area contributed by atoms with E-state index in [-0.39, 0.29) is 17.9 Å². The molecule has 0 radical (unpaired) electrons. The smallest absolute Gasteiger partial charge is 0.253 e. The first-order chi connectivity index (χ1) is 14.1. The van der Waals surface area contributed by atoms with Crippen molar-refractivity contribution < 1.29 is 14.3 Å². The molecule has 3 atom stereocenters. The number of halogens is 1. The van der Waals surface area contributed by atoms with Crippen molar-refractivity contribution in [3.63, 3.8) is 0 Å². The number of hydrazine groups is 1. The van der Waals surface area contributed by atoms with E-state index in [4.69, 9.17) is 4.74 Å². The monoisotopic (exact) mass is 455 g/mol. The molecule has 3 fully saturated rings. The molecule has 3 saturated heterocycles. The first-order valence-corrected chi connectivity index (χ1v) is 10.8. The molecule has 5 rings (SSSR count). The number of carbonyl (C=O) groups excluding carboxylic acids is 2. The molecule has 3 aliphatic rings. The molecule has 0 saturated carbocycles. The summed E-state index contributed by atoms with van der Waals surface area (Å²) in [6.45, 7) is 4.18. The van der Waals surface area contributed by atoms with Gasteiger partial charge in [0.25, 0.3) is 5.91 Å². The molecule has 3 heterocycles. The summed E-state index contributed by atoms with van der Waals surface area (Å²) >= 11 is 3.48. The van der Waals surface area contributed by atoms with Crippen LogP contribution in [0.2, 0.25) is 0 Å². The highest BCUT2D eigenvalue weighted by atomic mass is 79.9. The summed E-state index contributed by atoms with van der Waals surface area (Å²) in [5.41, 5.74) is 1.68. The minimum Gasteiger partial charge on any atom is -0.494 e. The predicted octanol–water partition coefficient (Wildman–Crippen LogP) is 3.38. The number of nitrogens with zero attached hydrogens (tertiary/aromatic N) is 3. The maximum atomic E-state index is 13.5. The highest BCUT2D eigenvalue weighted by Crippen LogP contribution is 2.49. The molecule has 0 N–H and O–H groups in total. The fraction of sp³-hybridized carbons (Fsp3) is 0.364. The van der Waals surface area contributed by atoms with Crippen molar-refractivity contribution in [3.05, 3.63) is 58.6 Å². The number of fused-ring (bicyclic) bond motifs is 3. The number of amides is 2. The Morgan fingerprint density at radius 3 is 2.24 bits per heavy atom. The largest absolute Gasteiger partial charge is 0.494 e. The zero-order valence-electron chi connectivity index (χ0n) is 16.1. The molecule has 29 heavy (non-hydrogen) atoms. The summed E-state index contributed by atoms with van der Waals surface area (Å²) in [6, 6.07) is 14.7. The first kappa shape index (κ1) is 18.8. The molecule has 2 amide bonds. The van der Waals surface area contributed by atoms with Crippen LogP contribution in [0.3, 0.4) is 0 Å². The Kier molecular flexibility index (Phi) is 4.69. The fourth-order valence-corrected chi connectivity index (χ4v) is 5.15. The molecule has 3 aliphatic heterocycles. The second-order valence-corrected chi connectivity index (χ2v) is 8.50. The van der Waals surface area contributed by atoms with Crippen LogP contribution >= 0.6 is 15.9 Å². The van der Waals surface area contributed by atoms with E-state index < -0.39 is 12.0 Å². The van der Waals surface area contributed by atoms with E-state index in [1.807, 2.05) is 43.3 Å². The third-order valence-corrected chi connectivity index (χ3v) is 6.55. The van der Waals surface area contributed by atoms with Crippen LogP contribution in [0.4, 0.5) is 5.69 Å². The highest BCUT2D eigenvalue weighted by molar-refractivity contribution is 9.10. The van der Waals surface area contributed by atoms with Gasteiger partial charge >= 0.3 is 0 Å². The van der Waals surface area contributed by atoms with Crippen molar-refractivity contribution in [1.29, 1.82) is 0 Å². The number of ether oxygens (including phenoxy) is 1. The van der Waals surface area contributed by atoms with Crippen molar-refractivity contribution in [2.24, 2.45) is 5.92 Å². The van der Waals surface area contributed by atoms with E-state index >= 15 is 0 Å². The van der Waals surface area contributed by atoms with Crippen LogP contribution in [-0.2, 0) is 9.59 Å². The van der Waals surface area contributed by atoms with Gasteiger partial charge in [0.2, 0.25) is 5.91 Å². The van der Waals surface area contributed by atoms with Gasteiger partial charge in [0.1, 0.15) is 11.8 Å². The van der Waals surface area contributed by atoms with Crippen LogP contribution in [0.5, 0.6) is 5.75 Å². The van der Waals surface area contributed by atoms with Crippen LogP contribution in [0, 0.1) is 5.92 Å². The van der Waals surface area contributed by atoms with E-state index in [9.17, 15) is 9.59 Å². The van der Waals surface area contributed by atoms with Gasteiger partial charge in [-0.05, 0) is 55.3 Å². The number of anilines is 1. The Hall–Kier alpha value is -2.22. The molecule has 6 nitrogen and oxygen atoms in total. The Morgan fingerprint density at radius 1 is 0.931 bits per heavy atom. The molecule has 7 heteroatoms. The number of carbonyl (C=O) groups is 2. The van der Waals surface area contributed by atoms with Crippen LogP contribution in [0.1, 0.15) is 24.9 Å². The van der Waals surface area contributed by atoms with Gasteiger partial charge in [0, 0.05) is 17.6 Å². The van der Waals surface area contributed by atoms with Crippen molar-refractivity contribution in [2.45, 2.75) is 25.4 Å². The van der Waals surface area contributed by atoms with Crippen LogP contribution in [0.15, 0.2) is 53.0 Å². The van der Waals surface area contributed by atoms with Crippen molar-refractivity contribution >= 4 is 33.4 Å². The molecule has 0 spiro atoms. The van der Waals surface area contributed by atoms with Gasteiger partial charge in [-0.25, -0.2) is 14.9 Å². The van der Waals surface area contributed by atoms with Gasteiger partial charge in [-0.15, -0.1) is 0 Å². The Morgan fingerprint density at radius 2 is 1.59 bits per heavy atom. The molecule has 0 bridgehead atoms. The summed E-state index contributed by atoms with van der Waals surface area (Å²) in [5.74, 6) is 0.0895. The third-order valence-electron chi connectivity index (χ3n) is 6.02. The SMILES string of the molecule is CCOc1ccc(N2C(=O)[C@@H]3[C@@H](C2=O)N2CCCN2[C@@H]3c2ccc(Br)cc2)cc1. The van der Waals surface area contributed by atoms with Gasteiger partial charge in [-0.1, -0.05) is 28.1 Å². The van der Waals surface area contributed by atoms with E-state index in [1.54, 1.807) is 12.1 Å². The third kappa shape index (κ3) is 2.91.